The van der Waals surface area contributed by atoms with Crippen LogP contribution in [0.15, 0.2) is 110 Å². The van der Waals surface area contributed by atoms with Gasteiger partial charge in [0.2, 0.25) is 11.8 Å². The maximum atomic E-state index is 10.8. The van der Waals surface area contributed by atoms with Gasteiger partial charge >= 0.3 is 12.1 Å². The Morgan fingerprint density at radius 1 is 0.580 bits per heavy atom. The molecule has 0 saturated heterocycles. The van der Waals surface area contributed by atoms with Crippen LogP contribution in [-0.4, -0.2) is 54.4 Å². The third-order valence-electron chi connectivity index (χ3n) is 6.83. The first kappa shape index (κ1) is 38.5. The van der Waals surface area contributed by atoms with Crippen molar-refractivity contribution in [3.8, 4) is 0 Å². The molecule has 0 saturated carbocycles. The van der Waals surface area contributed by atoms with Gasteiger partial charge < -0.3 is 22.9 Å². The average Bonchev–Trinajstić information content (AvgIpc) is 3.77. The summed E-state index contributed by atoms with van der Waals surface area (Å²) in [4.78, 5) is 51.7. The third kappa shape index (κ3) is 11.1. The monoisotopic (exact) mass is 716 g/mol. The van der Waals surface area contributed by atoms with Crippen LogP contribution in [0.1, 0.15) is 56.4 Å². The summed E-state index contributed by atoms with van der Waals surface area (Å²) in [7, 11) is 0. The molecule has 6 aromatic rings. The first-order valence-corrected chi connectivity index (χ1v) is 16.3. The Kier molecular flexibility index (Phi) is 14.3. The number of fused-ring (bicyclic) bond motifs is 2. The van der Waals surface area contributed by atoms with Crippen LogP contribution in [0.4, 0.5) is 9.59 Å². The summed E-state index contributed by atoms with van der Waals surface area (Å²) in [5.74, 6) is -0.838. The zero-order chi connectivity index (χ0) is 36.8. The predicted octanol–water partition coefficient (Wildman–Crippen LogP) is 5.83. The molecule has 50 heavy (non-hydrogen) atoms. The van der Waals surface area contributed by atoms with Gasteiger partial charge in [-0.05, 0) is 73.2 Å². The summed E-state index contributed by atoms with van der Waals surface area (Å²) in [6.45, 7) is 3.46. The zero-order valence-electron chi connectivity index (χ0n) is 27.0. The summed E-state index contributed by atoms with van der Waals surface area (Å²) in [6.07, 6.45) is 6.11. The molecule has 0 spiro atoms. The number of thiophene rings is 2. The van der Waals surface area contributed by atoms with Crippen LogP contribution in [0.25, 0.3) is 20.2 Å². The number of hydroxylamine groups is 4. The number of nitrogens with zero attached hydrogens (tertiary/aromatic N) is 4. The van der Waals surface area contributed by atoms with E-state index < -0.39 is 36.0 Å². The molecule has 0 aliphatic carbocycles. The van der Waals surface area contributed by atoms with E-state index in [1.165, 1.54) is 24.8 Å². The van der Waals surface area contributed by atoms with E-state index in [1.807, 2.05) is 60.7 Å². The molecular formula is C34H36N8O6S2. The van der Waals surface area contributed by atoms with E-state index in [1.54, 1.807) is 60.8 Å². The second-order valence-corrected chi connectivity index (χ2v) is 12.5. The van der Waals surface area contributed by atoms with Gasteiger partial charge in [0.15, 0.2) is 0 Å². The Hall–Kier alpha value is -5.94. The molecule has 0 aliphatic rings. The van der Waals surface area contributed by atoms with E-state index in [-0.39, 0.29) is 0 Å². The largest absolute Gasteiger partial charge is 0.366 e. The number of hydrogen-bond donors (Lipinski definition) is 6. The standard InChI is InChI=1S/2C11H12N2O2S.2C6H6N2O/c2*1-7(13(15)11(12)14)10-6-8-4-2-3-5-9(8)16-10;2*7-6(9)5-1-3-8-4-2-5/h2*2-7,15H,1H3,(H2,12,14);2*1-4H,(H2,7,9)/t2*7-;;/m11../s1. The van der Waals surface area contributed by atoms with E-state index in [0.717, 1.165) is 29.9 Å². The minimum atomic E-state index is -0.843. The number of primary amides is 4. The Labute approximate surface area is 295 Å². The average molecular weight is 717 g/mol. The Bertz CT molecular complexity index is 1810. The highest BCUT2D eigenvalue weighted by atomic mass is 32.1. The third-order valence-corrected chi connectivity index (χ3v) is 9.40. The van der Waals surface area contributed by atoms with Crippen molar-refractivity contribution >= 4 is 66.7 Å². The van der Waals surface area contributed by atoms with Gasteiger partial charge in [0.1, 0.15) is 0 Å². The normalized spacial score (nSPS) is 11.3. The van der Waals surface area contributed by atoms with Gasteiger partial charge in [0, 0.05) is 55.1 Å². The fourth-order valence-corrected chi connectivity index (χ4v) is 6.28. The smallest absolute Gasteiger partial charge is 0.339 e. The van der Waals surface area contributed by atoms with Crippen LogP contribution in [0, 0.1) is 0 Å². The number of hydrogen-bond acceptors (Lipinski definition) is 10. The molecule has 260 valence electrons. The van der Waals surface area contributed by atoms with E-state index >= 15 is 0 Å². The van der Waals surface area contributed by atoms with Gasteiger partial charge in [-0.3, -0.25) is 30.0 Å². The molecule has 4 heterocycles. The molecule has 4 aromatic heterocycles. The lowest BCUT2D eigenvalue weighted by Gasteiger charge is -2.18. The Morgan fingerprint density at radius 3 is 1.16 bits per heavy atom. The number of aromatic nitrogens is 2. The van der Waals surface area contributed by atoms with Crippen molar-refractivity contribution in [2.45, 2.75) is 25.9 Å². The number of rotatable bonds is 6. The lowest BCUT2D eigenvalue weighted by atomic mass is 10.2. The molecule has 0 bridgehead atoms. The van der Waals surface area contributed by atoms with E-state index in [0.29, 0.717) is 21.3 Å². The number of amides is 6. The minimum Gasteiger partial charge on any atom is -0.366 e. The van der Waals surface area contributed by atoms with Crippen molar-refractivity contribution in [3.63, 3.8) is 0 Å². The van der Waals surface area contributed by atoms with Gasteiger partial charge in [0.05, 0.1) is 12.1 Å². The fraction of sp³-hybridized carbons (Fsp3) is 0.118. The first-order chi connectivity index (χ1) is 23.8. The van der Waals surface area contributed by atoms with Crippen molar-refractivity contribution in [3.05, 3.63) is 131 Å². The summed E-state index contributed by atoms with van der Waals surface area (Å²) in [6, 6.07) is 23.5. The highest BCUT2D eigenvalue weighted by Gasteiger charge is 2.20. The second-order valence-electron chi connectivity index (χ2n) is 10.3. The highest BCUT2D eigenvalue weighted by Crippen LogP contribution is 2.32. The lowest BCUT2D eigenvalue weighted by molar-refractivity contribution is -0.0700. The first-order valence-electron chi connectivity index (χ1n) is 14.7. The van der Waals surface area contributed by atoms with Gasteiger partial charge in [-0.15, -0.1) is 22.7 Å². The van der Waals surface area contributed by atoms with Crippen LogP contribution < -0.4 is 22.9 Å². The van der Waals surface area contributed by atoms with Gasteiger partial charge in [0.25, 0.3) is 0 Å². The summed E-state index contributed by atoms with van der Waals surface area (Å²) in [5.41, 5.74) is 20.9. The Balaban J connectivity index is 0.000000187. The van der Waals surface area contributed by atoms with Crippen molar-refractivity contribution in [1.29, 1.82) is 0 Å². The molecule has 6 rings (SSSR count). The molecule has 16 heteroatoms. The maximum absolute atomic E-state index is 10.8. The molecule has 0 radical (unpaired) electrons. The predicted molar refractivity (Wildman–Crippen MR) is 192 cm³/mol. The Morgan fingerprint density at radius 2 is 0.900 bits per heavy atom. The van der Waals surface area contributed by atoms with E-state index in [4.69, 9.17) is 22.9 Å². The molecule has 0 unspecified atom stereocenters. The van der Waals surface area contributed by atoms with Crippen molar-refractivity contribution < 1.29 is 29.6 Å². The van der Waals surface area contributed by atoms with Crippen LogP contribution in [0.5, 0.6) is 0 Å². The quantitative estimate of drug-likeness (QED) is 0.0903. The van der Waals surface area contributed by atoms with Crippen LogP contribution >= 0.6 is 22.7 Å². The topological polar surface area (TPSA) is 245 Å². The summed E-state index contributed by atoms with van der Waals surface area (Å²) >= 11 is 3.08. The SMILES string of the molecule is C[C@H](c1cc2ccccc2s1)N(O)C(N)=O.C[C@H](c1cc2ccccc2s1)N(O)C(N)=O.NC(=O)c1ccncc1.NC(=O)c1ccncc1. The molecule has 6 amide bonds. The van der Waals surface area contributed by atoms with E-state index in [2.05, 4.69) is 9.97 Å². The van der Waals surface area contributed by atoms with Crippen LogP contribution in [0.2, 0.25) is 0 Å². The van der Waals surface area contributed by atoms with Crippen LogP contribution in [0.3, 0.4) is 0 Å². The minimum absolute atomic E-state index is 0.419. The van der Waals surface area contributed by atoms with Gasteiger partial charge in [-0.25, -0.2) is 9.59 Å². The van der Waals surface area contributed by atoms with Crippen molar-refractivity contribution in [1.82, 2.24) is 20.1 Å². The van der Waals surface area contributed by atoms with Crippen molar-refractivity contribution in [2.24, 2.45) is 22.9 Å². The second kappa shape index (κ2) is 18.6. The molecule has 2 aromatic carbocycles. The molecule has 2 atom stereocenters. The van der Waals surface area contributed by atoms with Gasteiger partial charge in [-0.1, -0.05) is 36.4 Å². The summed E-state index contributed by atoms with van der Waals surface area (Å²) < 4.78 is 2.25. The number of pyridine rings is 2. The summed E-state index contributed by atoms with van der Waals surface area (Å²) in [5, 5.41) is 22.2. The van der Waals surface area contributed by atoms with Crippen molar-refractivity contribution in [2.75, 3.05) is 0 Å². The van der Waals surface area contributed by atoms with Gasteiger partial charge in [-0.2, -0.15) is 10.1 Å². The number of carbonyl (C=O) groups excluding carboxylic acids is 4. The van der Waals surface area contributed by atoms with E-state index in [9.17, 15) is 29.6 Å². The molecule has 10 N–H and O–H groups in total. The maximum Gasteiger partial charge on any atom is 0.339 e. The molecule has 0 aliphatic heterocycles. The molecule has 0 fully saturated rings. The molecular weight excluding hydrogens is 681 g/mol. The number of benzene rings is 2. The number of urea groups is 2. The highest BCUT2D eigenvalue weighted by molar-refractivity contribution is 7.19. The lowest BCUT2D eigenvalue weighted by Crippen LogP contribution is -2.34. The zero-order valence-corrected chi connectivity index (χ0v) is 28.6. The van der Waals surface area contributed by atoms with Crippen LogP contribution in [-0.2, 0) is 0 Å². The number of nitrogens with two attached hydrogens (primary N) is 4. The number of carbonyl (C=O) groups is 4. The molecule has 14 nitrogen and oxygen atoms in total. The fourth-order valence-electron chi connectivity index (χ4n) is 4.07.